The number of thiophene rings is 1. The highest BCUT2D eigenvalue weighted by Gasteiger charge is 2.28. The summed E-state index contributed by atoms with van der Waals surface area (Å²) in [4.78, 5) is 20.4. The number of fused-ring (bicyclic) bond motifs is 3. The van der Waals surface area contributed by atoms with Crippen LogP contribution in [0.4, 0.5) is 0 Å². The van der Waals surface area contributed by atoms with Crippen molar-refractivity contribution in [2.75, 3.05) is 5.75 Å². The van der Waals surface area contributed by atoms with Crippen molar-refractivity contribution >= 4 is 33.3 Å². The van der Waals surface area contributed by atoms with E-state index in [4.69, 9.17) is 9.72 Å². The smallest absolute Gasteiger partial charge is 0.267 e. The van der Waals surface area contributed by atoms with Gasteiger partial charge in [0.25, 0.3) is 5.56 Å². The lowest BCUT2D eigenvalue weighted by Crippen LogP contribution is -2.28. The second-order valence-electron chi connectivity index (χ2n) is 6.95. The van der Waals surface area contributed by atoms with Crippen molar-refractivity contribution in [3.63, 3.8) is 0 Å². The molecule has 1 aromatic carbocycles. The summed E-state index contributed by atoms with van der Waals surface area (Å²) in [5.74, 6) is 1.12. The van der Waals surface area contributed by atoms with E-state index in [-0.39, 0.29) is 11.7 Å². The highest BCUT2D eigenvalue weighted by atomic mass is 32.2. The molecular weight excluding hydrogens is 376 g/mol. The standard InChI is InChI=1S/C21H22N2O2S2/c1-4-10-26-21-22-19-18(20(24)23(21)14-8-6-5-7-9-14)15-11-16(13(2)3)25-12-17(15)27-19/h4-9,13,16H,1,10-12H2,2-3H3. The minimum Gasteiger partial charge on any atom is -0.372 e. The van der Waals surface area contributed by atoms with Gasteiger partial charge in [-0.15, -0.1) is 17.9 Å². The Bertz CT molecular complexity index is 1040. The fraction of sp³-hybridized carbons (Fsp3) is 0.333. The highest BCUT2D eigenvalue weighted by molar-refractivity contribution is 7.99. The van der Waals surface area contributed by atoms with Crippen LogP contribution in [0.5, 0.6) is 0 Å². The number of thioether (sulfide) groups is 1. The quantitative estimate of drug-likeness (QED) is 0.351. The van der Waals surface area contributed by atoms with Crippen LogP contribution in [0, 0.1) is 5.92 Å². The minimum absolute atomic E-state index is 0.0136. The van der Waals surface area contributed by atoms with Gasteiger partial charge in [0, 0.05) is 17.1 Å². The van der Waals surface area contributed by atoms with Crippen LogP contribution in [0.25, 0.3) is 15.9 Å². The Kier molecular flexibility index (Phi) is 5.21. The first-order valence-corrected chi connectivity index (χ1v) is 10.9. The molecule has 1 aliphatic heterocycles. The molecule has 0 amide bonds. The third kappa shape index (κ3) is 3.37. The number of para-hydroxylation sites is 1. The number of ether oxygens (including phenoxy) is 1. The van der Waals surface area contributed by atoms with Crippen LogP contribution in [0.15, 0.2) is 52.9 Å². The molecule has 0 spiro atoms. The molecule has 6 heteroatoms. The summed E-state index contributed by atoms with van der Waals surface area (Å²) in [6, 6.07) is 9.74. The fourth-order valence-corrected chi connectivity index (χ4v) is 5.28. The Labute approximate surface area is 166 Å². The highest BCUT2D eigenvalue weighted by Crippen LogP contribution is 2.36. The van der Waals surface area contributed by atoms with Gasteiger partial charge in [0.05, 0.1) is 23.8 Å². The maximum absolute atomic E-state index is 13.6. The van der Waals surface area contributed by atoms with Gasteiger partial charge < -0.3 is 4.74 Å². The van der Waals surface area contributed by atoms with Gasteiger partial charge in [-0.25, -0.2) is 4.98 Å². The number of hydrogen-bond donors (Lipinski definition) is 0. The van der Waals surface area contributed by atoms with Gasteiger partial charge >= 0.3 is 0 Å². The molecule has 1 aliphatic rings. The predicted octanol–water partition coefficient (Wildman–Crippen LogP) is 4.82. The molecule has 27 heavy (non-hydrogen) atoms. The zero-order valence-corrected chi connectivity index (χ0v) is 17.1. The van der Waals surface area contributed by atoms with E-state index in [1.54, 1.807) is 15.9 Å². The zero-order chi connectivity index (χ0) is 19.0. The van der Waals surface area contributed by atoms with Crippen LogP contribution >= 0.6 is 23.1 Å². The topological polar surface area (TPSA) is 44.1 Å². The Morgan fingerprint density at radius 1 is 1.41 bits per heavy atom. The summed E-state index contributed by atoms with van der Waals surface area (Å²) in [7, 11) is 0. The summed E-state index contributed by atoms with van der Waals surface area (Å²) < 4.78 is 7.74. The monoisotopic (exact) mass is 398 g/mol. The molecule has 0 aliphatic carbocycles. The lowest BCUT2D eigenvalue weighted by molar-refractivity contribution is 0.00200. The SMILES string of the molecule is C=CCSc1nc2sc3c(c2c(=O)n1-c1ccccc1)CC(C(C)C)OC3. The van der Waals surface area contributed by atoms with Crippen molar-refractivity contribution in [3.8, 4) is 5.69 Å². The molecule has 0 N–H and O–H groups in total. The molecule has 0 saturated carbocycles. The van der Waals surface area contributed by atoms with E-state index in [0.29, 0.717) is 23.4 Å². The van der Waals surface area contributed by atoms with Crippen molar-refractivity contribution in [2.24, 2.45) is 5.92 Å². The summed E-state index contributed by atoms with van der Waals surface area (Å²) in [6.07, 6.45) is 2.75. The van der Waals surface area contributed by atoms with Gasteiger partial charge in [-0.1, -0.05) is 49.9 Å². The number of hydrogen-bond acceptors (Lipinski definition) is 5. The van der Waals surface area contributed by atoms with Gasteiger partial charge in [0.2, 0.25) is 0 Å². The number of rotatable bonds is 5. The largest absolute Gasteiger partial charge is 0.372 e. The Hall–Kier alpha value is -1.89. The van der Waals surface area contributed by atoms with Crippen molar-refractivity contribution in [3.05, 3.63) is 63.8 Å². The number of benzene rings is 1. The molecular formula is C21H22N2O2S2. The van der Waals surface area contributed by atoms with Crippen molar-refractivity contribution < 1.29 is 4.74 Å². The molecule has 2 aromatic heterocycles. The Morgan fingerprint density at radius 3 is 2.89 bits per heavy atom. The fourth-order valence-electron chi connectivity index (χ4n) is 3.37. The van der Waals surface area contributed by atoms with Gasteiger partial charge in [-0.2, -0.15) is 0 Å². The van der Waals surface area contributed by atoms with Gasteiger partial charge in [0.1, 0.15) is 4.83 Å². The Balaban J connectivity index is 1.95. The van der Waals surface area contributed by atoms with Crippen LogP contribution in [0.3, 0.4) is 0 Å². The summed E-state index contributed by atoms with van der Waals surface area (Å²) in [5.41, 5.74) is 1.98. The molecule has 4 rings (SSSR count). The van der Waals surface area contributed by atoms with E-state index in [1.807, 2.05) is 36.4 Å². The van der Waals surface area contributed by atoms with Crippen LogP contribution in [0.2, 0.25) is 0 Å². The first kappa shape index (κ1) is 18.5. The van der Waals surface area contributed by atoms with E-state index in [1.165, 1.54) is 11.8 Å². The molecule has 0 radical (unpaired) electrons. The third-order valence-electron chi connectivity index (χ3n) is 4.80. The molecule has 3 aromatic rings. The molecule has 1 unspecified atom stereocenters. The average molecular weight is 399 g/mol. The molecule has 0 bridgehead atoms. The first-order valence-electron chi connectivity index (χ1n) is 9.08. The lowest BCUT2D eigenvalue weighted by Gasteiger charge is -2.26. The first-order chi connectivity index (χ1) is 13.1. The predicted molar refractivity (Wildman–Crippen MR) is 113 cm³/mol. The third-order valence-corrected chi connectivity index (χ3v) is 6.83. The van der Waals surface area contributed by atoms with Crippen LogP contribution in [-0.2, 0) is 17.8 Å². The normalized spacial score (nSPS) is 16.6. The maximum atomic E-state index is 13.6. The van der Waals surface area contributed by atoms with E-state index < -0.39 is 0 Å². The zero-order valence-electron chi connectivity index (χ0n) is 15.5. The van der Waals surface area contributed by atoms with Crippen LogP contribution in [-0.4, -0.2) is 21.4 Å². The van der Waals surface area contributed by atoms with Crippen molar-refractivity contribution in [2.45, 2.75) is 38.1 Å². The Morgan fingerprint density at radius 2 is 2.19 bits per heavy atom. The van der Waals surface area contributed by atoms with Gasteiger partial charge in [0.15, 0.2) is 5.16 Å². The average Bonchev–Trinajstić information content (AvgIpc) is 3.04. The summed E-state index contributed by atoms with van der Waals surface area (Å²) in [6.45, 7) is 8.68. The second kappa shape index (κ2) is 7.62. The van der Waals surface area contributed by atoms with E-state index in [0.717, 1.165) is 32.8 Å². The number of aromatic nitrogens is 2. The molecule has 140 valence electrons. The van der Waals surface area contributed by atoms with Crippen molar-refractivity contribution in [1.29, 1.82) is 0 Å². The van der Waals surface area contributed by atoms with Crippen molar-refractivity contribution in [1.82, 2.24) is 9.55 Å². The molecule has 0 saturated heterocycles. The van der Waals surface area contributed by atoms with Crippen LogP contribution in [0.1, 0.15) is 24.3 Å². The lowest BCUT2D eigenvalue weighted by atomic mass is 9.96. The second-order valence-corrected chi connectivity index (χ2v) is 9.02. The summed E-state index contributed by atoms with van der Waals surface area (Å²) >= 11 is 3.12. The maximum Gasteiger partial charge on any atom is 0.267 e. The summed E-state index contributed by atoms with van der Waals surface area (Å²) in [5, 5.41) is 1.47. The number of nitrogens with zero attached hydrogens (tertiary/aromatic N) is 2. The molecule has 4 nitrogen and oxygen atoms in total. The van der Waals surface area contributed by atoms with Gasteiger partial charge in [-0.3, -0.25) is 9.36 Å². The van der Waals surface area contributed by atoms with Crippen LogP contribution < -0.4 is 5.56 Å². The molecule has 3 heterocycles. The molecule has 0 fully saturated rings. The minimum atomic E-state index is 0.0136. The molecule has 1 atom stereocenters. The van der Waals surface area contributed by atoms with E-state index in [2.05, 4.69) is 20.4 Å². The van der Waals surface area contributed by atoms with Gasteiger partial charge in [-0.05, 0) is 23.6 Å². The van der Waals surface area contributed by atoms with E-state index in [9.17, 15) is 4.79 Å². The van der Waals surface area contributed by atoms with E-state index >= 15 is 0 Å².